The van der Waals surface area contributed by atoms with Gasteiger partial charge in [-0.2, -0.15) is 0 Å². The maximum atomic E-state index is 11.2. The zero-order valence-corrected chi connectivity index (χ0v) is 6.64. The van der Waals surface area contributed by atoms with Gasteiger partial charge in [0.2, 0.25) is 0 Å². The van der Waals surface area contributed by atoms with E-state index < -0.39 is 0 Å². The van der Waals surface area contributed by atoms with E-state index >= 15 is 0 Å². The number of carbonyl (C=O) groups excluding carboxylic acids is 1. The van der Waals surface area contributed by atoms with Crippen molar-refractivity contribution in [3.05, 3.63) is 34.9 Å². The summed E-state index contributed by atoms with van der Waals surface area (Å²) in [6.07, 6.45) is 0. The fourth-order valence-electron chi connectivity index (χ4n) is 1.42. The number of hydrogen-bond acceptors (Lipinski definition) is 2. The molecular weight excluding hydrogens is 152 g/mol. The minimum atomic E-state index is -0.159. The molecule has 0 saturated heterocycles. The highest BCUT2D eigenvalue weighted by Crippen LogP contribution is 2.18. The van der Waals surface area contributed by atoms with Crippen molar-refractivity contribution in [1.29, 1.82) is 5.41 Å². The molecule has 0 unspecified atom stereocenters. The second-order valence-electron chi connectivity index (χ2n) is 2.83. The van der Waals surface area contributed by atoms with Crippen LogP contribution < -0.4 is 5.32 Å². The Labute approximate surface area is 69.9 Å². The van der Waals surface area contributed by atoms with Crippen LogP contribution in [-0.2, 0) is 0 Å². The first-order chi connectivity index (χ1) is 5.70. The number of aryl methyl sites for hydroxylation is 1. The summed E-state index contributed by atoms with van der Waals surface area (Å²) in [5, 5.41) is 9.89. The molecule has 2 rings (SSSR count). The predicted octanol–water partition coefficient (Wildman–Crippen LogP) is 1.06. The average molecular weight is 160 g/mol. The van der Waals surface area contributed by atoms with E-state index in [1.165, 1.54) is 0 Å². The topological polar surface area (TPSA) is 53.0 Å². The molecule has 2 N–H and O–H groups in total. The Morgan fingerprint density at radius 3 is 2.83 bits per heavy atom. The Balaban J connectivity index is 2.75. The summed E-state index contributed by atoms with van der Waals surface area (Å²) in [4.78, 5) is 11.2. The summed E-state index contributed by atoms with van der Waals surface area (Å²) in [5.74, 6) is 0.0480. The standard InChI is InChI=1S/C9H8N2O/c1-5-3-2-4-6-7(5)9(12)11-8(6)10/h2-4H,1H3,(H2,10,11,12). The minimum absolute atomic E-state index is 0.159. The van der Waals surface area contributed by atoms with Gasteiger partial charge in [0, 0.05) is 5.56 Å². The maximum Gasteiger partial charge on any atom is 0.257 e. The van der Waals surface area contributed by atoms with Crippen LogP contribution in [0.4, 0.5) is 0 Å². The number of rotatable bonds is 0. The molecule has 0 fully saturated rings. The summed E-state index contributed by atoms with van der Waals surface area (Å²) >= 11 is 0. The molecule has 1 aliphatic heterocycles. The molecular formula is C9H8N2O. The molecule has 1 aliphatic rings. The molecule has 0 aliphatic carbocycles. The number of nitrogens with one attached hydrogen (secondary N) is 2. The van der Waals surface area contributed by atoms with Crippen LogP contribution in [0.25, 0.3) is 0 Å². The van der Waals surface area contributed by atoms with E-state index in [0.29, 0.717) is 11.1 Å². The molecule has 0 aromatic heterocycles. The van der Waals surface area contributed by atoms with Gasteiger partial charge in [-0.25, -0.2) is 0 Å². The van der Waals surface area contributed by atoms with Crippen LogP contribution in [0.15, 0.2) is 18.2 Å². The lowest BCUT2D eigenvalue weighted by Crippen LogP contribution is -2.20. The number of amidine groups is 1. The van der Waals surface area contributed by atoms with Crippen molar-refractivity contribution in [2.75, 3.05) is 0 Å². The van der Waals surface area contributed by atoms with Gasteiger partial charge < -0.3 is 5.32 Å². The van der Waals surface area contributed by atoms with Crippen LogP contribution in [0, 0.1) is 12.3 Å². The summed E-state index contributed by atoms with van der Waals surface area (Å²) < 4.78 is 0. The van der Waals surface area contributed by atoms with E-state index in [1.807, 2.05) is 19.1 Å². The third kappa shape index (κ3) is 0.763. The molecule has 1 heterocycles. The highest BCUT2D eigenvalue weighted by atomic mass is 16.2. The number of fused-ring (bicyclic) bond motifs is 1. The van der Waals surface area contributed by atoms with Crippen LogP contribution in [0.1, 0.15) is 21.5 Å². The average Bonchev–Trinajstić information content (AvgIpc) is 2.29. The quantitative estimate of drug-likeness (QED) is 0.586. The number of benzene rings is 1. The van der Waals surface area contributed by atoms with E-state index in [9.17, 15) is 4.79 Å². The van der Waals surface area contributed by atoms with Gasteiger partial charge in [0.15, 0.2) is 0 Å². The van der Waals surface area contributed by atoms with Crippen molar-refractivity contribution < 1.29 is 4.79 Å². The molecule has 3 nitrogen and oxygen atoms in total. The lowest BCUT2D eigenvalue weighted by Gasteiger charge is -1.97. The van der Waals surface area contributed by atoms with Gasteiger partial charge >= 0.3 is 0 Å². The molecule has 12 heavy (non-hydrogen) atoms. The highest BCUT2D eigenvalue weighted by Gasteiger charge is 2.24. The molecule has 1 aromatic rings. The Morgan fingerprint density at radius 2 is 2.17 bits per heavy atom. The molecule has 3 heteroatoms. The molecule has 0 spiro atoms. The van der Waals surface area contributed by atoms with E-state index in [2.05, 4.69) is 5.32 Å². The van der Waals surface area contributed by atoms with Crippen molar-refractivity contribution in [2.45, 2.75) is 6.92 Å². The SMILES string of the molecule is Cc1cccc2c1C(=O)NC2=N. The van der Waals surface area contributed by atoms with Gasteiger partial charge in [0.1, 0.15) is 5.84 Å². The van der Waals surface area contributed by atoms with E-state index in [1.54, 1.807) is 6.07 Å². The molecule has 0 bridgehead atoms. The second-order valence-corrected chi connectivity index (χ2v) is 2.83. The Kier molecular flexibility index (Phi) is 1.27. The number of carbonyl (C=O) groups is 1. The van der Waals surface area contributed by atoms with Crippen molar-refractivity contribution in [3.63, 3.8) is 0 Å². The first-order valence-corrected chi connectivity index (χ1v) is 3.70. The summed E-state index contributed by atoms with van der Waals surface area (Å²) in [6.45, 7) is 1.87. The van der Waals surface area contributed by atoms with Gasteiger partial charge in [-0.15, -0.1) is 0 Å². The smallest absolute Gasteiger partial charge is 0.257 e. The lowest BCUT2D eigenvalue weighted by atomic mass is 10.0. The molecule has 0 radical (unpaired) electrons. The van der Waals surface area contributed by atoms with E-state index in [4.69, 9.17) is 5.41 Å². The van der Waals surface area contributed by atoms with Crippen molar-refractivity contribution in [2.24, 2.45) is 0 Å². The van der Waals surface area contributed by atoms with Crippen LogP contribution in [-0.4, -0.2) is 11.7 Å². The summed E-state index contributed by atoms with van der Waals surface area (Å²) in [7, 11) is 0. The van der Waals surface area contributed by atoms with Crippen molar-refractivity contribution in [1.82, 2.24) is 5.32 Å². The third-order valence-corrected chi connectivity index (χ3v) is 2.01. The number of amides is 1. The van der Waals surface area contributed by atoms with E-state index in [-0.39, 0.29) is 11.7 Å². The largest absolute Gasteiger partial charge is 0.306 e. The maximum absolute atomic E-state index is 11.2. The summed E-state index contributed by atoms with van der Waals surface area (Å²) in [6, 6.07) is 5.50. The van der Waals surface area contributed by atoms with Crippen LogP contribution in [0.5, 0.6) is 0 Å². The summed E-state index contributed by atoms with van der Waals surface area (Å²) in [5.41, 5.74) is 2.27. The normalized spacial score (nSPS) is 14.4. The third-order valence-electron chi connectivity index (χ3n) is 2.01. The molecule has 0 saturated carbocycles. The number of hydrogen-bond donors (Lipinski definition) is 2. The Morgan fingerprint density at radius 1 is 1.42 bits per heavy atom. The van der Waals surface area contributed by atoms with Gasteiger partial charge in [-0.05, 0) is 12.5 Å². The monoisotopic (exact) mass is 160 g/mol. The molecule has 1 amide bonds. The van der Waals surface area contributed by atoms with Gasteiger partial charge in [-0.3, -0.25) is 10.2 Å². The minimum Gasteiger partial charge on any atom is -0.306 e. The fraction of sp³-hybridized carbons (Fsp3) is 0.111. The predicted molar refractivity (Wildman–Crippen MR) is 45.5 cm³/mol. The van der Waals surface area contributed by atoms with Gasteiger partial charge in [0.25, 0.3) is 5.91 Å². The second kappa shape index (κ2) is 2.17. The first kappa shape index (κ1) is 7.03. The fourth-order valence-corrected chi connectivity index (χ4v) is 1.42. The zero-order chi connectivity index (χ0) is 8.72. The zero-order valence-electron chi connectivity index (χ0n) is 6.64. The van der Waals surface area contributed by atoms with Crippen LogP contribution in [0.2, 0.25) is 0 Å². The van der Waals surface area contributed by atoms with Crippen molar-refractivity contribution in [3.8, 4) is 0 Å². The molecule has 0 atom stereocenters. The molecule has 1 aromatic carbocycles. The van der Waals surface area contributed by atoms with Gasteiger partial charge in [0.05, 0.1) is 5.56 Å². The Bertz CT molecular complexity index is 382. The Hall–Kier alpha value is -1.64. The van der Waals surface area contributed by atoms with E-state index in [0.717, 1.165) is 5.56 Å². The van der Waals surface area contributed by atoms with Crippen molar-refractivity contribution >= 4 is 11.7 Å². The van der Waals surface area contributed by atoms with Crippen LogP contribution in [0.3, 0.4) is 0 Å². The lowest BCUT2D eigenvalue weighted by molar-refractivity contribution is 0.0982. The van der Waals surface area contributed by atoms with Gasteiger partial charge in [-0.1, -0.05) is 18.2 Å². The first-order valence-electron chi connectivity index (χ1n) is 3.70. The van der Waals surface area contributed by atoms with Crippen LogP contribution >= 0.6 is 0 Å². The highest BCUT2D eigenvalue weighted by molar-refractivity contribution is 6.22. The molecule has 60 valence electrons.